The lowest BCUT2D eigenvalue weighted by Crippen LogP contribution is -2.29. The van der Waals surface area contributed by atoms with Crippen molar-refractivity contribution in [3.05, 3.63) is 84.0 Å². The first kappa shape index (κ1) is 16.8. The van der Waals surface area contributed by atoms with Crippen molar-refractivity contribution in [3.63, 3.8) is 0 Å². The quantitative estimate of drug-likeness (QED) is 0.391. The second-order valence-corrected chi connectivity index (χ2v) is 7.55. The number of hydrogen-bond acceptors (Lipinski definition) is 5. The zero-order valence-electron chi connectivity index (χ0n) is 15.1. The van der Waals surface area contributed by atoms with Crippen LogP contribution in [0.25, 0.3) is 21.2 Å². The number of hydrogen-bond donors (Lipinski definition) is 0. The van der Waals surface area contributed by atoms with E-state index in [0.717, 1.165) is 21.2 Å². The van der Waals surface area contributed by atoms with Gasteiger partial charge in [-0.3, -0.25) is 9.69 Å². The third kappa shape index (κ3) is 2.88. The molecule has 0 aliphatic heterocycles. The molecule has 0 atom stereocenters. The first-order valence-electron chi connectivity index (χ1n) is 8.88. The van der Waals surface area contributed by atoms with E-state index < -0.39 is 0 Å². The van der Waals surface area contributed by atoms with E-state index in [1.165, 1.54) is 11.3 Å². The molecule has 0 unspecified atom stereocenters. The maximum absolute atomic E-state index is 13.4. The summed E-state index contributed by atoms with van der Waals surface area (Å²) in [5.41, 5.74) is 2.67. The number of rotatable bonds is 4. The first-order valence-corrected chi connectivity index (χ1v) is 9.70. The number of carbonyl (C=O) groups excluding carboxylic acids is 1. The van der Waals surface area contributed by atoms with E-state index in [0.29, 0.717) is 16.5 Å². The zero-order valence-corrected chi connectivity index (χ0v) is 15.9. The second-order valence-electron chi connectivity index (χ2n) is 6.54. The molecular weight excluding hydrogens is 372 g/mol. The number of carbonyl (C=O) groups is 1. The molecule has 0 spiro atoms. The van der Waals surface area contributed by atoms with Gasteiger partial charge in [-0.1, -0.05) is 41.7 Å². The van der Waals surface area contributed by atoms with Crippen molar-refractivity contribution in [3.8, 4) is 0 Å². The van der Waals surface area contributed by atoms with Crippen LogP contribution in [0.2, 0.25) is 0 Å². The second kappa shape index (κ2) is 6.65. The Morgan fingerprint density at radius 2 is 2.00 bits per heavy atom. The Kier molecular flexibility index (Phi) is 3.98. The molecule has 5 nitrogen and oxygen atoms in total. The Morgan fingerprint density at radius 1 is 1.11 bits per heavy atom. The van der Waals surface area contributed by atoms with Gasteiger partial charge < -0.3 is 8.83 Å². The first-order chi connectivity index (χ1) is 13.7. The van der Waals surface area contributed by atoms with Gasteiger partial charge in [-0.2, -0.15) is 0 Å². The van der Waals surface area contributed by atoms with Crippen molar-refractivity contribution >= 4 is 43.6 Å². The molecule has 5 rings (SSSR count). The van der Waals surface area contributed by atoms with Crippen molar-refractivity contribution in [2.24, 2.45) is 0 Å². The number of amides is 1. The summed E-state index contributed by atoms with van der Waals surface area (Å²) in [4.78, 5) is 19.7. The molecule has 3 heterocycles. The van der Waals surface area contributed by atoms with Gasteiger partial charge in [0.05, 0.1) is 23.0 Å². The Hall–Kier alpha value is -3.38. The molecule has 0 radical (unpaired) electrons. The Labute approximate surface area is 164 Å². The summed E-state index contributed by atoms with van der Waals surface area (Å²) in [6.45, 7) is 2.30. The number of fused-ring (bicyclic) bond motifs is 2. The van der Waals surface area contributed by atoms with Crippen LogP contribution in [-0.4, -0.2) is 10.9 Å². The molecule has 0 fully saturated rings. The summed E-state index contributed by atoms with van der Waals surface area (Å²) >= 11 is 1.48. The maximum atomic E-state index is 13.4. The third-order valence-corrected chi connectivity index (χ3v) is 5.66. The molecule has 0 saturated carbocycles. The van der Waals surface area contributed by atoms with E-state index in [2.05, 4.69) is 0 Å². The fourth-order valence-corrected chi connectivity index (χ4v) is 4.24. The highest BCUT2D eigenvalue weighted by atomic mass is 32.1. The summed E-state index contributed by atoms with van der Waals surface area (Å²) in [6.07, 6.45) is 1.60. The van der Waals surface area contributed by atoms with Crippen LogP contribution in [0, 0.1) is 6.92 Å². The van der Waals surface area contributed by atoms with Gasteiger partial charge in [0.25, 0.3) is 5.91 Å². The SMILES string of the molecule is Cc1cccc2sc(N(Cc3ccco3)C(=O)c3cc4ccccc4o3)nc12. The number of para-hydroxylation sites is 2. The van der Waals surface area contributed by atoms with Crippen molar-refractivity contribution in [2.45, 2.75) is 13.5 Å². The molecule has 0 aliphatic carbocycles. The minimum atomic E-state index is -0.246. The Morgan fingerprint density at radius 3 is 2.79 bits per heavy atom. The normalized spacial score (nSPS) is 11.3. The van der Waals surface area contributed by atoms with Gasteiger partial charge in [-0.05, 0) is 42.8 Å². The van der Waals surface area contributed by atoms with E-state index in [9.17, 15) is 4.79 Å². The predicted octanol–water partition coefficient (Wildman–Crippen LogP) is 5.79. The van der Waals surface area contributed by atoms with E-state index in [-0.39, 0.29) is 18.2 Å². The highest BCUT2D eigenvalue weighted by Gasteiger charge is 2.25. The van der Waals surface area contributed by atoms with E-state index >= 15 is 0 Å². The molecule has 2 aromatic carbocycles. The average Bonchev–Trinajstić information content (AvgIpc) is 3.44. The lowest BCUT2D eigenvalue weighted by molar-refractivity contribution is 0.0958. The van der Waals surface area contributed by atoms with E-state index in [1.54, 1.807) is 17.2 Å². The Balaban J connectivity index is 1.60. The average molecular weight is 388 g/mol. The van der Waals surface area contributed by atoms with Gasteiger partial charge >= 0.3 is 0 Å². The molecule has 0 aliphatic rings. The van der Waals surface area contributed by atoms with Gasteiger partial charge in [0.1, 0.15) is 11.3 Å². The van der Waals surface area contributed by atoms with Crippen LogP contribution in [0.15, 0.2) is 75.8 Å². The summed E-state index contributed by atoms with van der Waals surface area (Å²) in [6, 6.07) is 19.0. The van der Waals surface area contributed by atoms with Crippen LogP contribution in [0.4, 0.5) is 5.13 Å². The summed E-state index contributed by atoms with van der Waals surface area (Å²) in [5.74, 6) is 0.716. The molecule has 0 bridgehead atoms. The molecule has 138 valence electrons. The number of anilines is 1. The van der Waals surface area contributed by atoms with Crippen LogP contribution in [0.3, 0.4) is 0 Å². The number of aryl methyl sites for hydroxylation is 1. The van der Waals surface area contributed by atoms with Gasteiger partial charge in [-0.25, -0.2) is 4.98 Å². The lowest BCUT2D eigenvalue weighted by atomic mass is 10.2. The summed E-state index contributed by atoms with van der Waals surface area (Å²) in [7, 11) is 0. The lowest BCUT2D eigenvalue weighted by Gasteiger charge is -2.17. The van der Waals surface area contributed by atoms with E-state index in [4.69, 9.17) is 13.8 Å². The van der Waals surface area contributed by atoms with Crippen LogP contribution in [0.5, 0.6) is 0 Å². The van der Waals surface area contributed by atoms with Crippen molar-refractivity contribution in [1.29, 1.82) is 0 Å². The minimum absolute atomic E-state index is 0.246. The fraction of sp³-hybridized carbons (Fsp3) is 0.0909. The number of nitrogens with zero attached hydrogens (tertiary/aromatic N) is 2. The number of furan rings is 2. The smallest absolute Gasteiger partial charge is 0.296 e. The van der Waals surface area contributed by atoms with Crippen LogP contribution in [-0.2, 0) is 6.54 Å². The number of thiazole rings is 1. The molecule has 6 heteroatoms. The van der Waals surface area contributed by atoms with Crippen LogP contribution in [0.1, 0.15) is 21.9 Å². The van der Waals surface area contributed by atoms with E-state index in [1.807, 2.05) is 61.5 Å². The number of benzene rings is 2. The fourth-order valence-electron chi connectivity index (χ4n) is 3.19. The van der Waals surface area contributed by atoms with Crippen LogP contribution < -0.4 is 4.90 Å². The number of aromatic nitrogens is 1. The summed E-state index contributed by atoms with van der Waals surface area (Å²) < 4.78 is 12.3. The Bertz CT molecular complexity index is 1250. The molecular formula is C22H16N2O3S. The maximum Gasteiger partial charge on any atom is 0.296 e. The topological polar surface area (TPSA) is 59.5 Å². The largest absolute Gasteiger partial charge is 0.467 e. The molecule has 0 N–H and O–H groups in total. The van der Waals surface area contributed by atoms with Gasteiger partial charge in [0.15, 0.2) is 10.9 Å². The molecule has 28 heavy (non-hydrogen) atoms. The van der Waals surface area contributed by atoms with Gasteiger partial charge in [0, 0.05) is 5.39 Å². The van der Waals surface area contributed by atoms with Crippen LogP contribution >= 0.6 is 11.3 Å². The highest BCUT2D eigenvalue weighted by Crippen LogP contribution is 2.33. The summed E-state index contributed by atoms with van der Waals surface area (Å²) in [5, 5.41) is 1.51. The zero-order chi connectivity index (χ0) is 19.1. The molecule has 1 amide bonds. The van der Waals surface area contributed by atoms with Crippen molar-refractivity contribution < 1.29 is 13.6 Å². The minimum Gasteiger partial charge on any atom is -0.467 e. The molecule has 5 aromatic rings. The monoisotopic (exact) mass is 388 g/mol. The molecule has 3 aromatic heterocycles. The standard InChI is InChI=1S/C22H16N2O3S/c1-14-6-4-10-19-20(14)23-22(28-19)24(13-16-8-5-11-26-16)21(25)18-12-15-7-2-3-9-17(15)27-18/h2-12H,13H2,1H3. The predicted molar refractivity (Wildman–Crippen MR) is 110 cm³/mol. The van der Waals surface area contributed by atoms with Crippen molar-refractivity contribution in [1.82, 2.24) is 4.98 Å². The van der Waals surface area contributed by atoms with Gasteiger partial charge in [-0.15, -0.1) is 0 Å². The highest BCUT2D eigenvalue weighted by molar-refractivity contribution is 7.22. The van der Waals surface area contributed by atoms with Gasteiger partial charge in [0.2, 0.25) is 0 Å². The van der Waals surface area contributed by atoms with Crippen molar-refractivity contribution in [2.75, 3.05) is 4.90 Å². The third-order valence-electron chi connectivity index (χ3n) is 4.62. The molecule has 0 saturated heterocycles.